The van der Waals surface area contributed by atoms with E-state index in [-0.39, 0.29) is 17.4 Å². The second-order valence-electron chi connectivity index (χ2n) is 3.20. The predicted molar refractivity (Wildman–Crippen MR) is 48.0 cm³/mol. The van der Waals surface area contributed by atoms with Crippen molar-refractivity contribution in [3.8, 4) is 5.75 Å². The van der Waals surface area contributed by atoms with E-state index < -0.39 is 18.2 Å². The fourth-order valence-electron chi connectivity index (χ4n) is 1.04. The fraction of sp³-hybridized carbons (Fsp3) is 0.400. The molecule has 1 N–H and O–H groups in total. The highest BCUT2D eigenvalue weighted by atomic mass is 19.1. The van der Waals surface area contributed by atoms with E-state index in [2.05, 4.69) is 0 Å². The van der Waals surface area contributed by atoms with Crippen LogP contribution in [0.15, 0.2) is 12.1 Å². The lowest BCUT2D eigenvalue weighted by molar-refractivity contribution is 0.228. The van der Waals surface area contributed by atoms with Crippen LogP contribution in [-0.2, 0) is 6.61 Å². The number of benzene rings is 1. The normalized spacial score (nSPS) is 10.7. The van der Waals surface area contributed by atoms with Crippen LogP contribution in [-0.4, -0.2) is 11.2 Å². The lowest BCUT2D eigenvalue weighted by atomic mass is 10.2. The van der Waals surface area contributed by atoms with E-state index in [0.717, 1.165) is 12.1 Å². The molecule has 0 fully saturated rings. The Morgan fingerprint density at radius 3 is 2.43 bits per heavy atom. The molecular weight excluding hydrogens is 190 g/mol. The molecule has 0 bridgehead atoms. The maximum absolute atomic E-state index is 13.2. The van der Waals surface area contributed by atoms with Gasteiger partial charge in [0.25, 0.3) is 0 Å². The summed E-state index contributed by atoms with van der Waals surface area (Å²) in [6.45, 7) is 2.92. The number of ether oxygens (including phenoxy) is 1. The molecule has 0 atom stereocenters. The van der Waals surface area contributed by atoms with Crippen LogP contribution < -0.4 is 4.74 Å². The average molecular weight is 202 g/mol. The summed E-state index contributed by atoms with van der Waals surface area (Å²) in [5.74, 6) is -1.46. The van der Waals surface area contributed by atoms with Gasteiger partial charge in [-0.25, -0.2) is 8.78 Å². The van der Waals surface area contributed by atoms with Gasteiger partial charge in [-0.15, -0.1) is 0 Å². The standard InChI is InChI=1S/C10H12F2O2/c1-6(2)14-10-4-8(11)7(5-13)3-9(10)12/h3-4,6,13H,5H2,1-2H3. The van der Waals surface area contributed by atoms with E-state index in [0.29, 0.717) is 0 Å². The van der Waals surface area contributed by atoms with Gasteiger partial charge in [-0.1, -0.05) is 0 Å². The molecule has 0 heterocycles. The van der Waals surface area contributed by atoms with Gasteiger partial charge < -0.3 is 9.84 Å². The molecule has 78 valence electrons. The van der Waals surface area contributed by atoms with Crippen molar-refractivity contribution in [2.45, 2.75) is 26.6 Å². The second kappa shape index (κ2) is 4.37. The molecule has 0 aromatic heterocycles. The van der Waals surface area contributed by atoms with Gasteiger partial charge in [0.2, 0.25) is 0 Å². The van der Waals surface area contributed by atoms with Gasteiger partial charge in [-0.3, -0.25) is 0 Å². The van der Waals surface area contributed by atoms with Crippen LogP contribution in [0.4, 0.5) is 8.78 Å². The maximum atomic E-state index is 13.2. The Kier molecular flexibility index (Phi) is 3.41. The van der Waals surface area contributed by atoms with E-state index in [1.807, 2.05) is 0 Å². The topological polar surface area (TPSA) is 29.5 Å². The predicted octanol–water partition coefficient (Wildman–Crippen LogP) is 2.24. The smallest absolute Gasteiger partial charge is 0.165 e. The van der Waals surface area contributed by atoms with Crippen LogP contribution in [0.5, 0.6) is 5.75 Å². The molecule has 4 heteroatoms. The third-order valence-corrected chi connectivity index (χ3v) is 1.63. The zero-order valence-electron chi connectivity index (χ0n) is 8.05. The number of rotatable bonds is 3. The van der Waals surface area contributed by atoms with Gasteiger partial charge >= 0.3 is 0 Å². The minimum absolute atomic E-state index is 0.0707. The minimum atomic E-state index is -0.663. The monoisotopic (exact) mass is 202 g/mol. The molecule has 0 radical (unpaired) electrons. The van der Waals surface area contributed by atoms with E-state index in [1.54, 1.807) is 13.8 Å². The first kappa shape index (κ1) is 10.9. The van der Waals surface area contributed by atoms with Crippen LogP contribution in [0.2, 0.25) is 0 Å². The summed E-state index contributed by atoms with van der Waals surface area (Å²) in [6, 6.07) is 1.88. The first-order valence-corrected chi connectivity index (χ1v) is 4.30. The molecule has 1 aromatic carbocycles. The minimum Gasteiger partial charge on any atom is -0.488 e. The van der Waals surface area contributed by atoms with Crippen LogP contribution in [0.1, 0.15) is 19.4 Å². The van der Waals surface area contributed by atoms with Gasteiger partial charge in [0.05, 0.1) is 12.7 Å². The Morgan fingerprint density at radius 1 is 1.29 bits per heavy atom. The largest absolute Gasteiger partial charge is 0.488 e. The van der Waals surface area contributed by atoms with Crippen molar-refractivity contribution in [3.63, 3.8) is 0 Å². The Hall–Kier alpha value is -1.16. The molecule has 0 aliphatic carbocycles. The van der Waals surface area contributed by atoms with Gasteiger partial charge in [0.15, 0.2) is 11.6 Å². The highest BCUT2D eigenvalue weighted by Gasteiger charge is 2.11. The fourth-order valence-corrected chi connectivity index (χ4v) is 1.04. The van der Waals surface area contributed by atoms with Crippen molar-refractivity contribution in [2.75, 3.05) is 0 Å². The third kappa shape index (κ3) is 2.42. The van der Waals surface area contributed by atoms with Crippen molar-refractivity contribution in [2.24, 2.45) is 0 Å². The molecule has 0 spiro atoms. The molecule has 0 saturated carbocycles. The van der Waals surface area contributed by atoms with E-state index in [4.69, 9.17) is 9.84 Å². The molecule has 0 saturated heterocycles. The SMILES string of the molecule is CC(C)Oc1cc(F)c(CO)cc1F. The van der Waals surface area contributed by atoms with Crippen LogP contribution in [0.3, 0.4) is 0 Å². The van der Waals surface area contributed by atoms with Crippen LogP contribution in [0.25, 0.3) is 0 Å². The Bertz CT molecular complexity index is 324. The molecule has 2 nitrogen and oxygen atoms in total. The van der Waals surface area contributed by atoms with Gasteiger partial charge in [0, 0.05) is 11.6 Å². The van der Waals surface area contributed by atoms with Gasteiger partial charge in [-0.2, -0.15) is 0 Å². The highest BCUT2D eigenvalue weighted by Crippen LogP contribution is 2.22. The van der Waals surface area contributed by atoms with Crippen LogP contribution >= 0.6 is 0 Å². The zero-order valence-corrected chi connectivity index (χ0v) is 8.05. The Labute approximate surface area is 81.1 Å². The van der Waals surface area contributed by atoms with Crippen molar-refractivity contribution in [1.29, 1.82) is 0 Å². The number of aliphatic hydroxyl groups is 1. The second-order valence-corrected chi connectivity index (χ2v) is 3.20. The number of aliphatic hydroxyl groups excluding tert-OH is 1. The van der Waals surface area contributed by atoms with E-state index in [9.17, 15) is 8.78 Å². The van der Waals surface area contributed by atoms with Gasteiger partial charge in [-0.05, 0) is 19.9 Å². The molecule has 0 unspecified atom stereocenters. The average Bonchev–Trinajstić information content (AvgIpc) is 2.10. The lowest BCUT2D eigenvalue weighted by Crippen LogP contribution is -2.08. The number of hydrogen-bond acceptors (Lipinski definition) is 2. The van der Waals surface area contributed by atoms with E-state index in [1.165, 1.54) is 0 Å². The Morgan fingerprint density at radius 2 is 1.93 bits per heavy atom. The molecule has 0 aliphatic rings. The highest BCUT2D eigenvalue weighted by molar-refractivity contribution is 5.30. The zero-order chi connectivity index (χ0) is 10.7. The summed E-state index contributed by atoms with van der Waals surface area (Å²) < 4.78 is 31.3. The molecule has 0 amide bonds. The number of hydrogen-bond donors (Lipinski definition) is 1. The van der Waals surface area contributed by atoms with Crippen molar-refractivity contribution >= 4 is 0 Å². The first-order valence-electron chi connectivity index (χ1n) is 4.30. The van der Waals surface area contributed by atoms with Crippen molar-refractivity contribution < 1.29 is 18.6 Å². The number of halogens is 2. The van der Waals surface area contributed by atoms with E-state index >= 15 is 0 Å². The third-order valence-electron chi connectivity index (χ3n) is 1.63. The summed E-state index contributed by atoms with van der Waals surface area (Å²) in [5, 5.41) is 8.67. The summed E-state index contributed by atoms with van der Waals surface area (Å²) in [4.78, 5) is 0. The lowest BCUT2D eigenvalue weighted by Gasteiger charge is -2.11. The summed E-state index contributed by atoms with van der Waals surface area (Å²) in [5.41, 5.74) is -0.0707. The quantitative estimate of drug-likeness (QED) is 0.814. The first-order chi connectivity index (χ1) is 6.54. The van der Waals surface area contributed by atoms with Crippen LogP contribution in [0, 0.1) is 11.6 Å². The Balaban J connectivity index is 3.02. The molecule has 1 aromatic rings. The summed E-state index contributed by atoms with van der Waals surface area (Å²) >= 11 is 0. The summed E-state index contributed by atoms with van der Waals surface area (Å²) in [6.07, 6.45) is -0.219. The van der Waals surface area contributed by atoms with Gasteiger partial charge in [0.1, 0.15) is 5.82 Å². The summed E-state index contributed by atoms with van der Waals surface area (Å²) in [7, 11) is 0. The molecular formula is C10H12F2O2. The van der Waals surface area contributed by atoms with Crippen molar-refractivity contribution in [3.05, 3.63) is 29.3 Å². The van der Waals surface area contributed by atoms with Crippen molar-refractivity contribution in [1.82, 2.24) is 0 Å². The maximum Gasteiger partial charge on any atom is 0.165 e. The molecule has 1 rings (SSSR count). The molecule has 14 heavy (non-hydrogen) atoms. The molecule has 0 aliphatic heterocycles.